The first-order chi connectivity index (χ1) is 15.6. The van der Waals surface area contributed by atoms with Gasteiger partial charge in [0.1, 0.15) is 5.69 Å². The van der Waals surface area contributed by atoms with E-state index in [-0.39, 0.29) is 17.7 Å². The van der Waals surface area contributed by atoms with Crippen LogP contribution in [-0.4, -0.2) is 87.1 Å². The highest BCUT2D eigenvalue weighted by Crippen LogP contribution is 2.22. The van der Waals surface area contributed by atoms with Crippen molar-refractivity contribution in [2.24, 2.45) is 5.92 Å². The Morgan fingerprint density at radius 2 is 1.91 bits per heavy atom. The highest BCUT2D eigenvalue weighted by atomic mass is 16.2. The molecule has 0 saturated carbocycles. The molecular formula is C24H34N6O2. The second-order valence-electron chi connectivity index (χ2n) is 8.81. The Labute approximate surface area is 190 Å². The quantitative estimate of drug-likeness (QED) is 0.660. The lowest BCUT2D eigenvalue weighted by Gasteiger charge is -2.37. The van der Waals surface area contributed by atoms with E-state index in [1.165, 1.54) is 0 Å². The lowest BCUT2D eigenvalue weighted by Crippen LogP contribution is -2.50. The highest BCUT2D eigenvalue weighted by Gasteiger charge is 2.29. The maximum absolute atomic E-state index is 12.9. The maximum Gasteiger partial charge on any atom is 0.274 e. The van der Waals surface area contributed by atoms with E-state index in [1.54, 1.807) is 10.7 Å². The molecule has 32 heavy (non-hydrogen) atoms. The van der Waals surface area contributed by atoms with Gasteiger partial charge >= 0.3 is 0 Å². The summed E-state index contributed by atoms with van der Waals surface area (Å²) >= 11 is 0. The molecule has 2 fully saturated rings. The predicted octanol–water partition coefficient (Wildman–Crippen LogP) is 1.93. The molecule has 0 bridgehead atoms. The Morgan fingerprint density at radius 3 is 2.62 bits per heavy atom. The van der Waals surface area contributed by atoms with E-state index in [0.717, 1.165) is 70.8 Å². The van der Waals surface area contributed by atoms with Crippen molar-refractivity contribution < 1.29 is 9.59 Å². The van der Waals surface area contributed by atoms with Crippen molar-refractivity contribution >= 4 is 11.8 Å². The minimum Gasteiger partial charge on any atom is -0.340 e. The second kappa shape index (κ2) is 10.7. The van der Waals surface area contributed by atoms with Crippen LogP contribution in [0.1, 0.15) is 42.4 Å². The fourth-order valence-electron chi connectivity index (χ4n) is 4.65. The average molecular weight is 439 g/mol. The number of carbonyl (C=O) groups is 2. The first-order valence-corrected chi connectivity index (χ1v) is 11.8. The molecule has 2 aromatic heterocycles. The zero-order chi connectivity index (χ0) is 22.3. The molecule has 2 aliphatic rings. The van der Waals surface area contributed by atoms with Crippen LogP contribution >= 0.6 is 0 Å². The molecule has 172 valence electrons. The standard InChI is InChI=1S/C24H34N6O2/c1-2-30-13-9-22(26-30)24(32)29-11-5-6-20(19-29)18-23(31)28-16-14-27(15-17-28)12-8-21-7-3-4-10-25-21/h3-4,7,9-10,13,20H,2,5-6,8,11-12,14-19H2,1H3. The summed E-state index contributed by atoms with van der Waals surface area (Å²) in [5, 5.41) is 4.35. The minimum absolute atomic E-state index is 0.0177. The maximum atomic E-state index is 12.9. The van der Waals surface area contributed by atoms with Gasteiger partial charge in [0.05, 0.1) is 0 Å². The van der Waals surface area contributed by atoms with Gasteiger partial charge in [0.2, 0.25) is 5.91 Å². The lowest BCUT2D eigenvalue weighted by molar-refractivity contribution is -0.134. The molecule has 2 aromatic rings. The number of hydrogen-bond acceptors (Lipinski definition) is 5. The number of likely N-dealkylation sites (tertiary alicyclic amines) is 1. The summed E-state index contributed by atoms with van der Waals surface area (Å²) in [5.41, 5.74) is 1.62. The number of carbonyl (C=O) groups excluding carboxylic acids is 2. The Balaban J connectivity index is 1.21. The van der Waals surface area contributed by atoms with Crippen LogP contribution in [0.25, 0.3) is 0 Å². The van der Waals surface area contributed by atoms with Gasteiger partial charge in [-0.3, -0.25) is 24.2 Å². The number of hydrogen-bond donors (Lipinski definition) is 0. The van der Waals surface area contributed by atoms with Gasteiger partial charge in [-0.2, -0.15) is 5.10 Å². The minimum atomic E-state index is -0.0177. The van der Waals surface area contributed by atoms with Gasteiger partial charge in [-0.05, 0) is 43.9 Å². The number of piperidine rings is 1. The summed E-state index contributed by atoms with van der Waals surface area (Å²) in [6.45, 7) is 8.51. The molecule has 0 N–H and O–H groups in total. The molecule has 0 spiro atoms. The van der Waals surface area contributed by atoms with Crippen LogP contribution < -0.4 is 0 Å². The molecule has 0 aliphatic carbocycles. The number of aryl methyl sites for hydroxylation is 1. The van der Waals surface area contributed by atoms with Crippen LogP contribution in [-0.2, 0) is 17.8 Å². The molecule has 1 atom stereocenters. The number of rotatable bonds is 7. The number of nitrogens with zero attached hydrogens (tertiary/aromatic N) is 6. The molecule has 1 unspecified atom stereocenters. The zero-order valence-corrected chi connectivity index (χ0v) is 19.0. The summed E-state index contributed by atoms with van der Waals surface area (Å²) < 4.78 is 1.77. The molecule has 8 heteroatoms. The monoisotopic (exact) mass is 438 g/mol. The van der Waals surface area contributed by atoms with Gasteiger partial charge in [0.15, 0.2) is 0 Å². The fourth-order valence-corrected chi connectivity index (χ4v) is 4.65. The van der Waals surface area contributed by atoms with Crippen molar-refractivity contribution in [2.75, 3.05) is 45.8 Å². The first-order valence-electron chi connectivity index (χ1n) is 11.8. The fraction of sp³-hybridized carbons (Fsp3) is 0.583. The SMILES string of the molecule is CCn1ccc(C(=O)N2CCCC(CC(=O)N3CCN(CCc4ccccn4)CC3)C2)n1. The molecule has 4 heterocycles. The molecular weight excluding hydrogens is 404 g/mol. The molecule has 4 rings (SSSR count). The van der Waals surface area contributed by atoms with Gasteiger partial charge in [0.25, 0.3) is 5.91 Å². The highest BCUT2D eigenvalue weighted by molar-refractivity contribution is 5.92. The summed E-state index contributed by atoms with van der Waals surface area (Å²) in [6.07, 6.45) is 7.10. The largest absolute Gasteiger partial charge is 0.340 e. The average Bonchev–Trinajstić information content (AvgIpc) is 3.33. The third-order valence-electron chi connectivity index (χ3n) is 6.59. The normalized spacial score (nSPS) is 19.8. The van der Waals surface area contributed by atoms with Crippen molar-refractivity contribution in [1.29, 1.82) is 0 Å². The second-order valence-corrected chi connectivity index (χ2v) is 8.81. The summed E-state index contributed by atoms with van der Waals surface area (Å²) in [4.78, 5) is 36.4. The third-order valence-corrected chi connectivity index (χ3v) is 6.59. The van der Waals surface area contributed by atoms with Crippen LogP contribution in [0.5, 0.6) is 0 Å². The van der Waals surface area contributed by atoms with Gasteiger partial charge < -0.3 is 9.80 Å². The zero-order valence-electron chi connectivity index (χ0n) is 19.0. The smallest absolute Gasteiger partial charge is 0.274 e. The van der Waals surface area contributed by atoms with Crippen LogP contribution in [0.15, 0.2) is 36.7 Å². The van der Waals surface area contributed by atoms with Crippen LogP contribution in [0.2, 0.25) is 0 Å². The van der Waals surface area contributed by atoms with E-state index in [0.29, 0.717) is 18.7 Å². The van der Waals surface area contributed by atoms with Gasteiger partial charge in [-0.15, -0.1) is 0 Å². The topological polar surface area (TPSA) is 74.6 Å². The number of piperazine rings is 1. The summed E-state index contributed by atoms with van der Waals surface area (Å²) in [7, 11) is 0. The van der Waals surface area contributed by atoms with Crippen molar-refractivity contribution in [2.45, 2.75) is 39.2 Å². The van der Waals surface area contributed by atoms with E-state index < -0.39 is 0 Å². The van der Waals surface area contributed by atoms with Crippen LogP contribution in [0, 0.1) is 5.92 Å². The van der Waals surface area contributed by atoms with Crippen LogP contribution in [0.3, 0.4) is 0 Å². The van der Waals surface area contributed by atoms with Gasteiger partial charge in [0, 0.05) is 83.3 Å². The van der Waals surface area contributed by atoms with Crippen molar-refractivity contribution in [3.8, 4) is 0 Å². The van der Waals surface area contributed by atoms with Gasteiger partial charge in [-0.1, -0.05) is 6.07 Å². The molecule has 0 radical (unpaired) electrons. The van der Waals surface area contributed by atoms with E-state index in [9.17, 15) is 9.59 Å². The van der Waals surface area contributed by atoms with E-state index >= 15 is 0 Å². The third kappa shape index (κ3) is 5.73. The Kier molecular flexibility index (Phi) is 7.52. The lowest BCUT2D eigenvalue weighted by atomic mass is 9.94. The summed E-state index contributed by atoms with van der Waals surface area (Å²) in [6, 6.07) is 7.81. The molecule has 2 amide bonds. The van der Waals surface area contributed by atoms with E-state index in [1.807, 2.05) is 41.2 Å². The first kappa shape index (κ1) is 22.5. The molecule has 2 saturated heterocycles. The van der Waals surface area contributed by atoms with E-state index in [2.05, 4.69) is 21.0 Å². The predicted molar refractivity (Wildman–Crippen MR) is 122 cm³/mol. The van der Waals surface area contributed by atoms with E-state index in [4.69, 9.17) is 0 Å². The van der Waals surface area contributed by atoms with Crippen molar-refractivity contribution in [1.82, 2.24) is 29.5 Å². The Bertz CT molecular complexity index is 891. The molecule has 0 aromatic carbocycles. The van der Waals surface area contributed by atoms with Crippen LogP contribution in [0.4, 0.5) is 0 Å². The molecule has 2 aliphatic heterocycles. The van der Waals surface area contributed by atoms with Crippen molar-refractivity contribution in [3.05, 3.63) is 48.0 Å². The summed E-state index contributed by atoms with van der Waals surface area (Å²) in [5.74, 6) is 0.440. The van der Waals surface area contributed by atoms with Gasteiger partial charge in [-0.25, -0.2) is 0 Å². The van der Waals surface area contributed by atoms with Crippen molar-refractivity contribution in [3.63, 3.8) is 0 Å². The number of aromatic nitrogens is 3. The Morgan fingerprint density at radius 1 is 1.06 bits per heavy atom. The number of amides is 2. The number of pyridine rings is 1. The Hall–Kier alpha value is -2.74. The molecule has 8 nitrogen and oxygen atoms in total.